The van der Waals surface area contributed by atoms with Crippen LogP contribution >= 0.6 is 0 Å². The highest BCUT2D eigenvalue weighted by Crippen LogP contribution is 2.20. The normalized spacial score (nSPS) is 18.4. The summed E-state index contributed by atoms with van der Waals surface area (Å²) in [5, 5.41) is 0. The van der Waals surface area contributed by atoms with Gasteiger partial charge in [-0.15, -0.1) is 0 Å². The molecule has 1 aromatic carbocycles. The van der Waals surface area contributed by atoms with Gasteiger partial charge in [-0.2, -0.15) is 8.42 Å². The maximum Gasteiger partial charge on any atom is 0.294 e. The lowest BCUT2D eigenvalue weighted by molar-refractivity contribution is -0.162. The molecule has 1 atom stereocenters. The van der Waals surface area contributed by atoms with Crippen LogP contribution in [0.15, 0.2) is 23.1 Å². The summed E-state index contributed by atoms with van der Waals surface area (Å²) in [5.74, 6) is 0. The van der Waals surface area contributed by atoms with Crippen molar-refractivity contribution in [2.45, 2.75) is 75.9 Å². The number of ether oxygens (including phenoxy) is 2. The second-order valence-corrected chi connectivity index (χ2v) is 8.16. The second-order valence-electron chi connectivity index (χ2n) is 6.77. The summed E-state index contributed by atoms with van der Waals surface area (Å²) in [4.78, 5) is 0.0407. The van der Waals surface area contributed by atoms with Crippen LogP contribution in [0.25, 0.3) is 0 Å². The van der Waals surface area contributed by atoms with Crippen molar-refractivity contribution in [3.63, 3.8) is 0 Å². The minimum atomic E-state index is -4.14. The maximum absolute atomic E-state index is 11.4. The van der Waals surface area contributed by atoms with Crippen LogP contribution in [0, 0.1) is 6.92 Å². The average molecular weight is 371 g/mol. The highest BCUT2D eigenvalue weighted by atomic mass is 32.2. The number of rotatable bonds is 10. The predicted molar refractivity (Wildman–Crippen MR) is 97.3 cm³/mol. The lowest BCUT2D eigenvalue weighted by Crippen LogP contribution is -2.22. The highest BCUT2D eigenvalue weighted by Gasteiger charge is 2.15. The summed E-state index contributed by atoms with van der Waals surface area (Å²) in [5.41, 5.74) is 1.71. The fourth-order valence-corrected chi connectivity index (χ4v) is 3.89. The van der Waals surface area contributed by atoms with E-state index in [4.69, 9.17) is 9.47 Å². The molecule has 5 nitrogen and oxygen atoms in total. The molecule has 1 aromatic rings. The van der Waals surface area contributed by atoms with Gasteiger partial charge >= 0.3 is 0 Å². The fourth-order valence-electron chi connectivity index (χ4n) is 3.16. The molecule has 2 rings (SSSR count). The molecule has 1 N–H and O–H groups in total. The molecule has 1 saturated heterocycles. The molecule has 0 bridgehead atoms. The van der Waals surface area contributed by atoms with E-state index >= 15 is 0 Å². The second kappa shape index (κ2) is 10.3. The summed E-state index contributed by atoms with van der Waals surface area (Å²) in [6.45, 7) is 3.48. The van der Waals surface area contributed by atoms with Crippen LogP contribution < -0.4 is 0 Å². The van der Waals surface area contributed by atoms with Gasteiger partial charge in [0.15, 0.2) is 6.29 Å². The highest BCUT2D eigenvalue weighted by molar-refractivity contribution is 7.85. The van der Waals surface area contributed by atoms with E-state index in [1.54, 1.807) is 6.07 Å². The van der Waals surface area contributed by atoms with Crippen LogP contribution in [0.4, 0.5) is 0 Å². The van der Waals surface area contributed by atoms with Crippen molar-refractivity contribution >= 4 is 10.1 Å². The summed E-state index contributed by atoms with van der Waals surface area (Å²) >= 11 is 0. The predicted octanol–water partition coefficient (Wildman–Crippen LogP) is 4.28. The van der Waals surface area contributed by atoms with Gasteiger partial charge in [0.25, 0.3) is 10.1 Å². The minimum Gasteiger partial charge on any atom is -0.353 e. The zero-order chi connectivity index (χ0) is 18.1. The van der Waals surface area contributed by atoms with Gasteiger partial charge in [0, 0.05) is 13.2 Å². The molecule has 0 amide bonds. The summed E-state index contributed by atoms with van der Waals surface area (Å²) in [6.07, 6.45) is 9.19. The van der Waals surface area contributed by atoms with Gasteiger partial charge in [0.1, 0.15) is 0 Å². The van der Waals surface area contributed by atoms with Crippen LogP contribution in [0.2, 0.25) is 0 Å². The van der Waals surface area contributed by atoms with Gasteiger partial charge in [-0.1, -0.05) is 37.0 Å². The minimum absolute atomic E-state index is 0.00563. The van der Waals surface area contributed by atoms with Crippen molar-refractivity contribution in [3.8, 4) is 0 Å². The number of benzene rings is 1. The van der Waals surface area contributed by atoms with Crippen LogP contribution in [0.5, 0.6) is 0 Å². The molecule has 1 fully saturated rings. The zero-order valence-electron chi connectivity index (χ0n) is 15.1. The number of unbranched alkanes of at least 4 members (excludes halogenated alkanes) is 4. The van der Waals surface area contributed by atoms with E-state index in [0.29, 0.717) is 12.0 Å². The zero-order valence-corrected chi connectivity index (χ0v) is 15.9. The Morgan fingerprint density at radius 3 is 2.64 bits per heavy atom. The first-order valence-electron chi connectivity index (χ1n) is 9.27. The third-order valence-electron chi connectivity index (χ3n) is 4.53. The van der Waals surface area contributed by atoms with Crippen molar-refractivity contribution in [2.75, 3.05) is 13.2 Å². The lowest BCUT2D eigenvalue weighted by atomic mass is 10.0. The first kappa shape index (κ1) is 20.4. The van der Waals surface area contributed by atoms with Crippen molar-refractivity contribution in [2.24, 2.45) is 0 Å². The van der Waals surface area contributed by atoms with Crippen molar-refractivity contribution < 1.29 is 22.4 Å². The Kier molecular flexibility index (Phi) is 8.36. The van der Waals surface area contributed by atoms with Gasteiger partial charge in [-0.05, 0) is 57.1 Å². The Balaban J connectivity index is 1.61. The molecule has 1 unspecified atom stereocenters. The Labute approximate surface area is 151 Å². The van der Waals surface area contributed by atoms with Crippen molar-refractivity contribution in [1.29, 1.82) is 0 Å². The molecule has 1 aliphatic rings. The molecule has 0 aromatic heterocycles. The maximum atomic E-state index is 11.4. The molecule has 142 valence electrons. The average Bonchev–Trinajstić information content (AvgIpc) is 2.57. The third-order valence-corrected chi connectivity index (χ3v) is 5.48. The van der Waals surface area contributed by atoms with E-state index in [9.17, 15) is 13.0 Å². The monoisotopic (exact) mass is 370 g/mol. The standard InChI is InChI=1S/C19H30O5S/c1-16-11-12-18(25(20,21)22)17(15-16)9-5-3-2-4-7-13-23-19-10-6-8-14-24-19/h11-12,15,19H,2-10,13-14H2,1H3,(H,20,21,22). The number of hydrogen-bond acceptors (Lipinski definition) is 4. The lowest BCUT2D eigenvalue weighted by Gasteiger charge is -2.22. The van der Waals surface area contributed by atoms with Crippen LogP contribution in [0.1, 0.15) is 62.5 Å². The van der Waals surface area contributed by atoms with E-state index in [0.717, 1.165) is 63.7 Å². The third kappa shape index (κ3) is 7.44. The van der Waals surface area contributed by atoms with Crippen molar-refractivity contribution in [1.82, 2.24) is 0 Å². The Bertz CT molecular complexity index is 621. The largest absolute Gasteiger partial charge is 0.353 e. The molecule has 0 saturated carbocycles. The molecule has 0 spiro atoms. The molecule has 1 aliphatic heterocycles. The van der Waals surface area contributed by atoms with E-state index in [2.05, 4.69) is 0 Å². The molecular formula is C19H30O5S. The Morgan fingerprint density at radius 1 is 1.16 bits per heavy atom. The van der Waals surface area contributed by atoms with Gasteiger partial charge in [-0.3, -0.25) is 4.55 Å². The first-order valence-corrected chi connectivity index (χ1v) is 10.7. The van der Waals surface area contributed by atoms with Gasteiger partial charge in [-0.25, -0.2) is 0 Å². The number of hydrogen-bond donors (Lipinski definition) is 1. The topological polar surface area (TPSA) is 72.8 Å². The van der Waals surface area contributed by atoms with Crippen LogP contribution in [-0.4, -0.2) is 32.5 Å². The van der Waals surface area contributed by atoms with Gasteiger partial charge in [0.2, 0.25) is 0 Å². The summed E-state index contributed by atoms with van der Waals surface area (Å²) in [7, 11) is -4.14. The van der Waals surface area contributed by atoms with Crippen LogP contribution in [0.3, 0.4) is 0 Å². The quantitative estimate of drug-likeness (QED) is 0.492. The van der Waals surface area contributed by atoms with Gasteiger partial charge in [0.05, 0.1) is 4.90 Å². The number of aryl methyl sites for hydroxylation is 2. The summed E-state index contributed by atoms with van der Waals surface area (Å²) < 4.78 is 43.4. The molecular weight excluding hydrogens is 340 g/mol. The first-order chi connectivity index (χ1) is 12.0. The van der Waals surface area contributed by atoms with Gasteiger partial charge < -0.3 is 9.47 Å². The van der Waals surface area contributed by atoms with E-state index in [1.165, 1.54) is 12.5 Å². The van der Waals surface area contributed by atoms with E-state index < -0.39 is 10.1 Å². The SMILES string of the molecule is Cc1ccc(S(=O)(=O)O)c(CCCCCCCOC2CCCCO2)c1. The molecule has 0 radical (unpaired) electrons. The van der Waals surface area contributed by atoms with Crippen molar-refractivity contribution in [3.05, 3.63) is 29.3 Å². The Hall–Kier alpha value is -0.950. The molecule has 1 heterocycles. The van der Waals surface area contributed by atoms with E-state index in [1.807, 2.05) is 13.0 Å². The molecule has 0 aliphatic carbocycles. The smallest absolute Gasteiger partial charge is 0.294 e. The summed E-state index contributed by atoms with van der Waals surface area (Å²) in [6, 6.07) is 5.05. The van der Waals surface area contributed by atoms with Crippen LogP contribution in [-0.2, 0) is 26.0 Å². The van der Waals surface area contributed by atoms with E-state index in [-0.39, 0.29) is 11.2 Å². The molecule has 6 heteroatoms. The fraction of sp³-hybridized carbons (Fsp3) is 0.684. The molecule has 25 heavy (non-hydrogen) atoms. The Morgan fingerprint density at radius 2 is 1.92 bits per heavy atom.